The molecule has 0 spiro atoms. The second kappa shape index (κ2) is 6.39. The fourth-order valence-electron chi connectivity index (χ4n) is 1.64. The van der Waals surface area contributed by atoms with Crippen molar-refractivity contribution >= 4 is 45.9 Å². The standard InChI is InChI=1S/C12H9Cl2FN2O2S/c13-8-5-10(11(17(18)19)6-9(8)15)16-4-3-7-1-2-12(14)20-7/h1-2,5-6,16H,3-4H2. The van der Waals surface area contributed by atoms with Gasteiger partial charge in [-0.05, 0) is 24.6 Å². The summed E-state index contributed by atoms with van der Waals surface area (Å²) in [6, 6.07) is 5.71. The molecule has 1 aromatic carbocycles. The van der Waals surface area contributed by atoms with E-state index in [1.165, 1.54) is 17.4 Å². The molecule has 1 aromatic heterocycles. The van der Waals surface area contributed by atoms with E-state index in [1.807, 2.05) is 6.07 Å². The fraction of sp³-hybridized carbons (Fsp3) is 0.167. The van der Waals surface area contributed by atoms with Crippen molar-refractivity contribution in [1.29, 1.82) is 0 Å². The maximum atomic E-state index is 13.2. The molecular formula is C12H9Cl2FN2O2S. The first-order valence-corrected chi connectivity index (χ1v) is 7.16. The van der Waals surface area contributed by atoms with Crippen LogP contribution in [0.3, 0.4) is 0 Å². The van der Waals surface area contributed by atoms with Crippen LogP contribution in [0.2, 0.25) is 9.36 Å². The highest BCUT2D eigenvalue weighted by atomic mass is 35.5. The summed E-state index contributed by atoms with van der Waals surface area (Å²) in [6.07, 6.45) is 0.656. The highest BCUT2D eigenvalue weighted by Crippen LogP contribution is 2.30. The van der Waals surface area contributed by atoms with Gasteiger partial charge in [-0.2, -0.15) is 0 Å². The lowest BCUT2D eigenvalue weighted by molar-refractivity contribution is -0.384. The monoisotopic (exact) mass is 334 g/mol. The Morgan fingerprint density at radius 1 is 1.35 bits per heavy atom. The van der Waals surface area contributed by atoms with Crippen LogP contribution in [0, 0.1) is 15.9 Å². The Balaban J connectivity index is 2.08. The molecule has 0 fully saturated rings. The number of nitrogens with zero attached hydrogens (tertiary/aromatic N) is 1. The van der Waals surface area contributed by atoms with Crippen molar-refractivity contribution in [3.63, 3.8) is 0 Å². The molecular weight excluding hydrogens is 326 g/mol. The summed E-state index contributed by atoms with van der Waals surface area (Å²) in [4.78, 5) is 11.3. The van der Waals surface area contributed by atoms with Crippen LogP contribution in [0.25, 0.3) is 0 Å². The van der Waals surface area contributed by atoms with Gasteiger partial charge in [0.2, 0.25) is 0 Å². The third kappa shape index (κ3) is 3.59. The molecule has 2 rings (SSSR count). The highest BCUT2D eigenvalue weighted by molar-refractivity contribution is 7.16. The first kappa shape index (κ1) is 15.0. The van der Waals surface area contributed by atoms with E-state index in [0.29, 0.717) is 17.3 Å². The van der Waals surface area contributed by atoms with Gasteiger partial charge in [-0.3, -0.25) is 10.1 Å². The Labute approximate surface area is 128 Å². The average Bonchev–Trinajstić information content (AvgIpc) is 2.79. The van der Waals surface area contributed by atoms with Crippen molar-refractivity contribution in [2.24, 2.45) is 0 Å². The summed E-state index contributed by atoms with van der Waals surface area (Å²) in [6.45, 7) is 0.458. The number of anilines is 1. The lowest BCUT2D eigenvalue weighted by atomic mass is 10.2. The molecule has 0 saturated heterocycles. The van der Waals surface area contributed by atoms with Gasteiger partial charge in [-0.25, -0.2) is 4.39 Å². The Morgan fingerprint density at radius 2 is 2.10 bits per heavy atom. The van der Waals surface area contributed by atoms with Crippen molar-refractivity contribution < 1.29 is 9.31 Å². The van der Waals surface area contributed by atoms with Crippen molar-refractivity contribution in [1.82, 2.24) is 0 Å². The largest absolute Gasteiger partial charge is 0.379 e. The number of nitro benzene ring substituents is 1. The Kier molecular flexibility index (Phi) is 4.80. The van der Waals surface area contributed by atoms with Gasteiger partial charge in [0.15, 0.2) is 0 Å². The first-order chi connectivity index (χ1) is 9.47. The van der Waals surface area contributed by atoms with E-state index in [2.05, 4.69) is 5.32 Å². The summed E-state index contributed by atoms with van der Waals surface area (Å²) < 4.78 is 13.9. The van der Waals surface area contributed by atoms with Gasteiger partial charge in [0, 0.05) is 11.4 Å². The molecule has 0 aliphatic heterocycles. The van der Waals surface area contributed by atoms with Crippen LogP contribution in [0.5, 0.6) is 0 Å². The minimum atomic E-state index is -0.811. The van der Waals surface area contributed by atoms with Crippen LogP contribution in [-0.4, -0.2) is 11.5 Å². The van der Waals surface area contributed by atoms with Crippen molar-refractivity contribution in [3.8, 4) is 0 Å². The molecule has 0 unspecified atom stereocenters. The van der Waals surface area contributed by atoms with E-state index in [1.54, 1.807) is 6.07 Å². The molecule has 0 aliphatic carbocycles. The molecule has 0 bridgehead atoms. The van der Waals surface area contributed by atoms with Crippen molar-refractivity contribution in [2.45, 2.75) is 6.42 Å². The highest BCUT2D eigenvalue weighted by Gasteiger charge is 2.17. The van der Waals surface area contributed by atoms with Gasteiger partial charge in [0.25, 0.3) is 5.69 Å². The van der Waals surface area contributed by atoms with Gasteiger partial charge in [0.1, 0.15) is 11.5 Å². The predicted octanol–water partition coefficient (Wildman–Crippen LogP) is 4.76. The SMILES string of the molecule is O=[N+]([O-])c1cc(F)c(Cl)cc1NCCc1ccc(Cl)s1. The molecule has 4 nitrogen and oxygen atoms in total. The van der Waals surface area contributed by atoms with Crippen molar-refractivity contribution in [3.05, 3.63) is 54.4 Å². The third-order valence-corrected chi connectivity index (χ3v) is 4.13. The Hall–Kier alpha value is -1.37. The number of nitro groups is 1. The van der Waals surface area contributed by atoms with Crippen LogP contribution in [0.1, 0.15) is 4.88 Å². The van der Waals surface area contributed by atoms with Gasteiger partial charge >= 0.3 is 0 Å². The summed E-state index contributed by atoms with van der Waals surface area (Å²) in [7, 11) is 0. The smallest absolute Gasteiger partial charge is 0.295 e. The normalized spacial score (nSPS) is 10.6. The molecule has 0 radical (unpaired) electrons. The molecule has 8 heteroatoms. The van der Waals surface area contributed by atoms with E-state index in [-0.39, 0.29) is 16.4 Å². The average molecular weight is 335 g/mol. The molecule has 1 N–H and O–H groups in total. The zero-order valence-electron chi connectivity index (χ0n) is 10.0. The second-order valence-corrected chi connectivity index (χ2v) is 6.13. The molecule has 0 aliphatic rings. The van der Waals surface area contributed by atoms with Crippen LogP contribution in [-0.2, 0) is 6.42 Å². The molecule has 2 aromatic rings. The zero-order chi connectivity index (χ0) is 14.7. The van der Waals surface area contributed by atoms with Crippen LogP contribution < -0.4 is 5.32 Å². The lowest BCUT2D eigenvalue weighted by Crippen LogP contribution is -2.06. The number of halogens is 3. The van der Waals surface area contributed by atoms with E-state index >= 15 is 0 Å². The van der Waals surface area contributed by atoms with Gasteiger partial charge in [-0.1, -0.05) is 23.2 Å². The summed E-state index contributed by atoms with van der Waals surface area (Å²) in [5.41, 5.74) is -0.139. The van der Waals surface area contributed by atoms with Crippen LogP contribution >= 0.6 is 34.5 Å². The molecule has 106 valence electrons. The number of benzene rings is 1. The minimum Gasteiger partial charge on any atom is -0.379 e. The fourth-order valence-corrected chi connectivity index (χ4v) is 2.89. The topological polar surface area (TPSA) is 55.2 Å². The Morgan fingerprint density at radius 3 is 2.70 bits per heavy atom. The predicted molar refractivity (Wildman–Crippen MR) is 79.6 cm³/mol. The van der Waals surface area contributed by atoms with Crippen LogP contribution in [0.15, 0.2) is 24.3 Å². The number of thiophene rings is 1. The quantitative estimate of drug-likeness (QED) is 0.633. The Bertz CT molecular complexity index is 648. The summed E-state index contributed by atoms with van der Waals surface area (Å²) in [5, 5.41) is 13.6. The van der Waals surface area contributed by atoms with E-state index in [9.17, 15) is 14.5 Å². The van der Waals surface area contributed by atoms with E-state index in [0.717, 1.165) is 10.9 Å². The number of hydrogen-bond donors (Lipinski definition) is 1. The van der Waals surface area contributed by atoms with E-state index in [4.69, 9.17) is 23.2 Å². The van der Waals surface area contributed by atoms with Gasteiger partial charge in [-0.15, -0.1) is 11.3 Å². The minimum absolute atomic E-state index is 0.155. The molecule has 0 saturated carbocycles. The third-order valence-electron chi connectivity index (χ3n) is 2.55. The van der Waals surface area contributed by atoms with Crippen molar-refractivity contribution in [2.75, 3.05) is 11.9 Å². The summed E-state index contributed by atoms with van der Waals surface area (Å²) in [5.74, 6) is -0.811. The summed E-state index contributed by atoms with van der Waals surface area (Å²) >= 11 is 12.9. The number of nitrogens with one attached hydrogen (secondary N) is 1. The van der Waals surface area contributed by atoms with E-state index < -0.39 is 10.7 Å². The zero-order valence-corrected chi connectivity index (χ0v) is 12.4. The molecule has 0 amide bonds. The molecule has 20 heavy (non-hydrogen) atoms. The molecule has 1 heterocycles. The van der Waals surface area contributed by atoms with Gasteiger partial charge in [0.05, 0.1) is 20.3 Å². The van der Waals surface area contributed by atoms with Crippen LogP contribution in [0.4, 0.5) is 15.8 Å². The second-order valence-electron chi connectivity index (χ2n) is 3.92. The van der Waals surface area contributed by atoms with Gasteiger partial charge < -0.3 is 5.32 Å². The first-order valence-electron chi connectivity index (χ1n) is 5.59. The lowest BCUT2D eigenvalue weighted by Gasteiger charge is -2.07. The number of rotatable bonds is 5. The maximum Gasteiger partial charge on any atom is 0.295 e. The number of hydrogen-bond acceptors (Lipinski definition) is 4. The maximum absolute atomic E-state index is 13.2. The molecule has 0 atom stereocenters.